The van der Waals surface area contributed by atoms with Gasteiger partial charge in [0.05, 0.1) is 12.0 Å². The van der Waals surface area contributed by atoms with Gasteiger partial charge in [-0.15, -0.1) is 0 Å². The van der Waals surface area contributed by atoms with Crippen LogP contribution in [0.3, 0.4) is 0 Å². The predicted molar refractivity (Wildman–Crippen MR) is 69.2 cm³/mol. The number of benzene rings is 1. The Kier molecular flexibility index (Phi) is 4.33. The van der Waals surface area contributed by atoms with Gasteiger partial charge in [0, 0.05) is 18.2 Å². The zero-order chi connectivity index (χ0) is 13.0. The van der Waals surface area contributed by atoms with Gasteiger partial charge in [-0.1, -0.05) is 31.0 Å². The van der Waals surface area contributed by atoms with Crippen molar-refractivity contribution >= 4 is 0 Å². The van der Waals surface area contributed by atoms with Gasteiger partial charge in [-0.2, -0.15) is 5.26 Å². The monoisotopic (exact) mass is 246 g/mol. The normalized spacial score (nSPS) is 23.9. The van der Waals surface area contributed by atoms with Crippen LogP contribution in [0.4, 0.5) is 4.39 Å². The molecule has 3 heteroatoms. The van der Waals surface area contributed by atoms with E-state index in [1.807, 2.05) is 19.2 Å². The standard InChI is InChI=1S/C15H19FN2/c1-18(11-13-7-2-4-8-14(13)16)15-9-5-3-6-12(15)10-17/h2,4,7-8,12,15H,3,5-6,9,11H2,1H3. The van der Waals surface area contributed by atoms with Crippen LogP contribution in [0.15, 0.2) is 24.3 Å². The first-order chi connectivity index (χ1) is 8.72. The molecule has 0 aliphatic heterocycles. The Morgan fingerprint density at radius 3 is 2.78 bits per heavy atom. The Morgan fingerprint density at radius 1 is 1.33 bits per heavy atom. The Balaban J connectivity index is 2.05. The van der Waals surface area contributed by atoms with E-state index in [2.05, 4.69) is 11.0 Å². The third-order valence-corrected chi connectivity index (χ3v) is 3.84. The molecule has 1 saturated carbocycles. The summed E-state index contributed by atoms with van der Waals surface area (Å²) in [4.78, 5) is 2.13. The molecule has 96 valence electrons. The third kappa shape index (κ3) is 2.88. The van der Waals surface area contributed by atoms with Crippen molar-refractivity contribution in [2.24, 2.45) is 5.92 Å². The molecule has 1 fully saturated rings. The second kappa shape index (κ2) is 5.97. The van der Waals surface area contributed by atoms with Crippen molar-refractivity contribution in [2.45, 2.75) is 38.3 Å². The summed E-state index contributed by atoms with van der Waals surface area (Å²) in [7, 11) is 1.99. The van der Waals surface area contributed by atoms with E-state index < -0.39 is 0 Å². The Bertz CT molecular complexity index is 438. The van der Waals surface area contributed by atoms with E-state index in [1.165, 1.54) is 12.5 Å². The molecule has 2 rings (SSSR count). The lowest BCUT2D eigenvalue weighted by atomic mass is 9.84. The molecular formula is C15H19FN2. The van der Waals surface area contributed by atoms with Gasteiger partial charge in [0.1, 0.15) is 5.82 Å². The van der Waals surface area contributed by atoms with Crippen LogP contribution in [0.1, 0.15) is 31.2 Å². The molecule has 2 nitrogen and oxygen atoms in total. The van der Waals surface area contributed by atoms with Crippen LogP contribution < -0.4 is 0 Å². The SMILES string of the molecule is CN(Cc1ccccc1F)C1CCCCC1C#N. The minimum atomic E-state index is -0.159. The Labute approximate surface area is 108 Å². The van der Waals surface area contributed by atoms with E-state index >= 15 is 0 Å². The average molecular weight is 246 g/mol. The van der Waals surface area contributed by atoms with Gasteiger partial charge in [-0.05, 0) is 26.0 Å². The summed E-state index contributed by atoms with van der Waals surface area (Å²) in [5.74, 6) is -0.0656. The first-order valence-corrected chi connectivity index (χ1v) is 6.55. The highest BCUT2D eigenvalue weighted by Crippen LogP contribution is 2.28. The van der Waals surface area contributed by atoms with E-state index in [4.69, 9.17) is 0 Å². The zero-order valence-electron chi connectivity index (χ0n) is 10.8. The van der Waals surface area contributed by atoms with Gasteiger partial charge < -0.3 is 0 Å². The van der Waals surface area contributed by atoms with E-state index in [9.17, 15) is 9.65 Å². The van der Waals surface area contributed by atoms with Gasteiger partial charge in [0.15, 0.2) is 0 Å². The smallest absolute Gasteiger partial charge is 0.127 e. The summed E-state index contributed by atoms with van der Waals surface area (Å²) in [5, 5.41) is 9.18. The van der Waals surface area contributed by atoms with E-state index in [0.29, 0.717) is 12.1 Å². The molecule has 0 amide bonds. The van der Waals surface area contributed by atoms with Crippen LogP contribution in [-0.2, 0) is 6.54 Å². The van der Waals surface area contributed by atoms with Gasteiger partial charge in [0.2, 0.25) is 0 Å². The van der Waals surface area contributed by atoms with E-state index in [0.717, 1.165) is 19.3 Å². The number of hydrogen-bond donors (Lipinski definition) is 0. The van der Waals surface area contributed by atoms with Crippen LogP contribution in [0, 0.1) is 23.1 Å². The van der Waals surface area contributed by atoms with Gasteiger partial charge in [-0.3, -0.25) is 4.90 Å². The minimum Gasteiger partial charge on any atom is -0.298 e. The fraction of sp³-hybridized carbons (Fsp3) is 0.533. The van der Waals surface area contributed by atoms with Crippen LogP contribution in [0.2, 0.25) is 0 Å². The summed E-state index contributed by atoms with van der Waals surface area (Å²) in [6, 6.07) is 9.54. The summed E-state index contributed by atoms with van der Waals surface area (Å²) < 4.78 is 13.6. The first kappa shape index (κ1) is 13.0. The average Bonchev–Trinajstić information content (AvgIpc) is 2.41. The van der Waals surface area contributed by atoms with Crippen molar-refractivity contribution in [1.29, 1.82) is 5.26 Å². The molecule has 0 heterocycles. The quantitative estimate of drug-likeness (QED) is 0.818. The fourth-order valence-electron chi connectivity index (χ4n) is 2.80. The van der Waals surface area contributed by atoms with Crippen LogP contribution in [0.5, 0.6) is 0 Å². The number of nitrogens with zero attached hydrogens (tertiary/aromatic N) is 2. The van der Waals surface area contributed by atoms with E-state index in [1.54, 1.807) is 6.07 Å². The van der Waals surface area contributed by atoms with Crippen LogP contribution in [-0.4, -0.2) is 18.0 Å². The molecule has 0 N–H and O–H groups in total. The van der Waals surface area contributed by atoms with Crippen molar-refractivity contribution in [3.8, 4) is 6.07 Å². The lowest BCUT2D eigenvalue weighted by molar-refractivity contribution is 0.149. The summed E-state index contributed by atoms with van der Waals surface area (Å²) in [6.07, 6.45) is 4.33. The highest BCUT2D eigenvalue weighted by molar-refractivity contribution is 5.17. The highest BCUT2D eigenvalue weighted by Gasteiger charge is 2.28. The molecule has 1 aliphatic carbocycles. The molecule has 1 aromatic carbocycles. The number of hydrogen-bond acceptors (Lipinski definition) is 2. The molecule has 2 atom stereocenters. The molecule has 0 saturated heterocycles. The van der Waals surface area contributed by atoms with Crippen molar-refractivity contribution in [2.75, 3.05) is 7.05 Å². The summed E-state index contributed by atoms with van der Waals surface area (Å²) in [5.41, 5.74) is 0.710. The molecule has 2 unspecified atom stereocenters. The minimum absolute atomic E-state index is 0.0931. The van der Waals surface area contributed by atoms with E-state index in [-0.39, 0.29) is 17.8 Å². The lowest BCUT2D eigenvalue weighted by Crippen LogP contribution is -2.39. The van der Waals surface area contributed by atoms with Gasteiger partial charge >= 0.3 is 0 Å². The second-order valence-electron chi connectivity index (χ2n) is 5.09. The maximum absolute atomic E-state index is 13.6. The second-order valence-corrected chi connectivity index (χ2v) is 5.09. The summed E-state index contributed by atoms with van der Waals surface area (Å²) >= 11 is 0. The predicted octanol–water partition coefficient (Wildman–Crippen LogP) is 3.34. The Morgan fingerprint density at radius 2 is 2.06 bits per heavy atom. The number of halogens is 1. The first-order valence-electron chi connectivity index (χ1n) is 6.55. The van der Waals surface area contributed by atoms with Gasteiger partial charge in [0.25, 0.3) is 0 Å². The number of nitriles is 1. The van der Waals surface area contributed by atoms with Gasteiger partial charge in [-0.25, -0.2) is 4.39 Å². The molecule has 0 aromatic heterocycles. The molecule has 0 bridgehead atoms. The topological polar surface area (TPSA) is 27.0 Å². The van der Waals surface area contributed by atoms with Crippen molar-refractivity contribution in [3.05, 3.63) is 35.6 Å². The molecule has 0 radical (unpaired) electrons. The van der Waals surface area contributed by atoms with Crippen LogP contribution >= 0.6 is 0 Å². The number of rotatable bonds is 3. The molecule has 18 heavy (non-hydrogen) atoms. The zero-order valence-corrected chi connectivity index (χ0v) is 10.8. The molecular weight excluding hydrogens is 227 g/mol. The Hall–Kier alpha value is -1.40. The molecule has 1 aliphatic rings. The third-order valence-electron chi connectivity index (χ3n) is 3.84. The van der Waals surface area contributed by atoms with Crippen molar-refractivity contribution < 1.29 is 4.39 Å². The molecule has 1 aromatic rings. The lowest BCUT2D eigenvalue weighted by Gasteiger charge is -2.34. The fourth-order valence-corrected chi connectivity index (χ4v) is 2.80. The van der Waals surface area contributed by atoms with Crippen molar-refractivity contribution in [1.82, 2.24) is 4.90 Å². The maximum atomic E-state index is 13.6. The molecule has 0 spiro atoms. The van der Waals surface area contributed by atoms with Crippen molar-refractivity contribution in [3.63, 3.8) is 0 Å². The van der Waals surface area contributed by atoms with Crippen LogP contribution in [0.25, 0.3) is 0 Å². The summed E-state index contributed by atoms with van der Waals surface area (Å²) in [6.45, 7) is 0.579. The highest BCUT2D eigenvalue weighted by atomic mass is 19.1. The maximum Gasteiger partial charge on any atom is 0.127 e. The largest absolute Gasteiger partial charge is 0.298 e.